The molecule has 2 heterocycles. The highest BCUT2D eigenvalue weighted by Gasteiger charge is 2.33. The first-order chi connectivity index (χ1) is 13.5. The molecule has 28 heavy (non-hydrogen) atoms. The molecule has 2 aromatic carbocycles. The number of aryl methyl sites for hydroxylation is 2. The Morgan fingerprint density at radius 3 is 2.50 bits per heavy atom. The van der Waals surface area contributed by atoms with Gasteiger partial charge in [-0.3, -0.25) is 14.4 Å². The number of hydrogen-bond donors (Lipinski definition) is 1. The molecule has 0 atom stereocenters. The lowest BCUT2D eigenvalue weighted by Crippen LogP contribution is -2.49. The van der Waals surface area contributed by atoms with Crippen LogP contribution in [-0.2, 0) is 17.9 Å². The van der Waals surface area contributed by atoms with E-state index in [0.29, 0.717) is 13.1 Å². The number of hydrogen-bond acceptors (Lipinski definition) is 3. The minimum atomic E-state index is -0.703. The zero-order valence-corrected chi connectivity index (χ0v) is 16.3. The van der Waals surface area contributed by atoms with Crippen molar-refractivity contribution in [1.29, 1.82) is 0 Å². The molecule has 1 aliphatic rings. The molecule has 0 unspecified atom stereocenters. The van der Waals surface area contributed by atoms with Gasteiger partial charge in [-0.15, -0.1) is 0 Å². The van der Waals surface area contributed by atoms with Crippen LogP contribution in [0.5, 0.6) is 0 Å². The summed E-state index contributed by atoms with van der Waals surface area (Å²) < 4.78 is 1.99. The van der Waals surface area contributed by atoms with Gasteiger partial charge in [0.1, 0.15) is 0 Å². The Morgan fingerprint density at radius 1 is 1.07 bits per heavy atom. The Balaban J connectivity index is 1.62. The summed E-state index contributed by atoms with van der Waals surface area (Å²) in [6.07, 6.45) is 2.10. The number of carbonyl (C=O) groups is 1. The Bertz CT molecular complexity index is 988. The number of benzene rings is 2. The van der Waals surface area contributed by atoms with Gasteiger partial charge in [0.05, 0.1) is 18.2 Å². The fourth-order valence-corrected chi connectivity index (χ4v) is 3.66. The molecule has 0 saturated carbocycles. The SMILES string of the molecule is Cc1ccc(-c2nn(Cc3ccccc3)cc2CN2CC(C(=O)O)C2)cc1C. The summed E-state index contributed by atoms with van der Waals surface area (Å²) >= 11 is 0. The van der Waals surface area contributed by atoms with E-state index in [0.717, 1.165) is 29.9 Å². The molecule has 1 aliphatic heterocycles. The van der Waals surface area contributed by atoms with Crippen LogP contribution in [0.4, 0.5) is 0 Å². The second-order valence-corrected chi connectivity index (χ2v) is 7.71. The van der Waals surface area contributed by atoms with Gasteiger partial charge in [-0.2, -0.15) is 5.10 Å². The Kier molecular flexibility index (Phi) is 5.01. The van der Waals surface area contributed by atoms with Gasteiger partial charge in [-0.05, 0) is 36.6 Å². The standard InChI is InChI=1S/C23H25N3O2/c1-16-8-9-19(10-17(16)2)22-20(12-25-13-21(14-25)23(27)28)15-26(24-22)11-18-6-4-3-5-7-18/h3-10,15,21H,11-14H2,1-2H3,(H,27,28). The van der Waals surface area contributed by atoms with Crippen LogP contribution in [-0.4, -0.2) is 38.8 Å². The zero-order valence-electron chi connectivity index (χ0n) is 16.3. The third kappa shape index (κ3) is 3.85. The third-order valence-electron chi connectivity index (χ3n) is 5.51. The maximum absolute atomic E-state index is 11.1. The second kappa shape index (κ2) is 7.60. The fourth-order valence-electron chi connectivity index (χ4n) is 3.66. The lowest BCUT2D eigenvalue weighted by Gasteiger charge is -2.36. The number of carboxylic acids is 1. The summed E-state index contributed by atoms with van der Waals surface area (Å²) in [5, 5.41) is 14.0. The Morgan fingerprint density at radius 2 is 1.82 bits per heavy atom. The molecule has 4 rings (SSSR count). The van der Waals surface area contributed by atoms with E-state index in [2.05, 4.69) is 55.3 Å². The van der Waals surface area contributed by atoms with Crippen molar-refractivity contribution in [2.45, 2.75) is 26.9 Å². The number of aliphatic carboxylic acids is 1. The largest absolute Gasteiger partial charge is 0.481 e. The summed E-state index contributed by atoms with van der Waals surface area (Å²) in [5.41, 5.74) is 6.95. The molecule has 1 saturated heterocycles. The van der Waals surface area contributed by atoms with Gasteiger partial charge >= 0.3 is 5.97 Å². The molecule has 0 spiro atoms. The molecule has 5 heteroatoms. The lowest BCUT2D eigenvalue weighted by molar-refractivity contribution is -0.147. The number of rotatable bonds is 6. The van der Waals surface area contributed by atoms with Crippen LogP contribution in [0, 0.1) is 19.8 Å². The highest BCUT2D eigenvalue weighted by atomic mass is 16.4. The molecule has 0 bridgehead atoms. The van der Waals surface area contributed by atoms with E-state index in [-0.39, 0.29) is 5.92 Å². The van der Waals surface area contributed by atoms with Gasteiger partial charge in [-0.1, -0.05) is 42.5 Å². The van der Waals surface area contributed by atoms with E-state index in [4.69, 9.17) is 10.2 Å². The predicted octanol–water partition coefficient (Wildman–Crippen LogP) is 3.73. The molecular weight excluding hydrogens is 350 g/mol. The van der Waals surface area contributed by atoms with Crippen LogP contribution in [0.1, 0.15) is 22.3 Å². The van der Waals surface area contributed by atoms with Gasteiger partial charge in [0.2, 0.25) is 0 Å². The maximum atomic E-state index is 11.1. The first kappa shape index (κ1) is 18.4. The predicted molar refractivity (Wildman–Crippen MR) is 109 cm³/mol. The van der Waals surface area contributed by atoms with Crippen LogP contribution >= 0.6 is 0 Å². The van der Waals surface area contributed by atoms with Gasteiger partial charge in [0, 0.05) is 37.0 Å². The van der Waals surface area contributed by atoms with Crippen molar-refractivity contribution in [3.05, 3.63) is 77.0 Å². The molecule has 5 nitrogen and oxygen atoms in total. The summed E-state index contributed by atoms with van der Waals surface area (Å²) in [5.74, 6) is -0.949. The molecule has 0 aliphatic carbocycles. The van der Waals surface area contributed by atoms with E-state index in [1.807, 2.05) is 22.9 Å². The van der Waals surface area contributed by atoms with Crippen molar-refractivity contribution < 1.29 is 9.90 Å². The van der Waals surface area contributed by atoms with Crippen molar-refractivity contribution in [3.8, 4) is 11.3 Å². The first-order valence-corrected chi connectivity index (χ1v) is 9.62. The van der Waals surface area contributed by atoms with Crippen LogP contribution in [0.3, 0.4) is 0 Å². The number of nitrogens with zero attached hydrogens (tertiary/aromatic N) is 3. The van der Waals surface area contributed by atoms with Crippen LogP contribution in [0.15, 0.2) is 54.7 Å². The van der Waals surface area contributed by atoms with E-state index >= 15 is 0 Å². The molecule has 1 aromatic heterocycles. The summed E-state index contributed by atoms with van der Waals surface area (Å²) in [7, 11) is 0. The van der Waals surface area contributed by atoms with Crippen molar-refractivity contribution in [1.82, 2.24) is 14.7 Å². The van der Waals surface area contributed by atoms with Gasteiger partial charge in [0.15, 0.2) is 0 Å². The van der Waals surface area contributed by atoms with Crippen molar-refractivity contribution in [3.63, 3.8) is 0 Å². The van der Waals surface area contributed by atoms with Crippen molar-refractivity contribution in [2.24, 2.45) is 5.92 Å². The molecule has 1 N–H and O–H groups in total. The molecular formula is C23H25N3O2. The summed E-state index contributed by atoms with van der Waals surface area (Å²) in [6, 6.07) is 16.7. The normalized spacial score (nSPS) is 14.8. The van der Waals surface area contributed by atoms with Gasteiger partial charge in [-0.25, -0.2) is 0 Å². The lowest BCUT2D eigenvalue weighted by atomic mass is 9.98. The molecule has 0 radical (unpaired) electrons. The highest BCUT2D eigenvalue weighted by Crippen LogP contribution is 2.28. The monoisotopic (exact) mass is 375 g/mol. The first-order valence-electron chi connectivity index (χ1n) is 9.62. The van der Waals surface area contributed by atoms with Crippen LogP contribution in [0.25, 0.3) is 11.3 Å². The third-order valence-corrected chi connectivity index (χ3v) is 5.51. The molecule has 144 valence electrons. The Labute approximate surface area is 165 Å². The van der Waals surface area contributed by atoms with E-state index in [1.165, 1.54) is 16.7 Å². The smallest absolute Gasteiger partial charge is 0.309 e. The number of likely N-dealkylation sites (tertiary alicyclic amines) is 1. The molecule has 3 aromatic rings. The quantitative estimate of drug-likeness (QED) is 0.713. The number of aromatic nitrogens is 2. The average Bonchev–Trinajstić information content (AvgIpc) is 3.03. The zero-order chi connectivity index (χ0) is 19.7. The van der Waals surface area contributed by atoms with E-state index in [1.54, 1.807) is 0 Å². The highest BCUT2D eigenvalue weighted by molar-refractivity contribution is 5.71. The van der Waals surface area contributed by atoms with Crippen molar-refractivity contribution >= 4 is 5.97 Å². The molecule has 1 fully saturated rings. The van der Waals surface area contributed by atoms with Gasteiger partial charge in [0.25, 0.3) is 0 Å². The van der Waals surface area contributed by atoms with Gasteiger partial charge < -0.3 is 5.11 Å². The van der Waals surface area contributed by atoms with Crippen molar-refractivity contribution in [2.75, 3.05) is 13.1 Å². The minimum Gasteiger partial charge on any atom is -0.481 e. The summed E-state index contributed by atoms with van der Waals surface area (Å²) in [4.78, 5) is 13.3. The molecule has 0 amide bonds. The Hall–Kier alpha value is -2.92. The second-order valence-electron chi connectivity index (χ2n) is 7.71. The minimum absolute atomic E-state index is 0.246. The van der Waals surface area contributed by atoms with Crippen LogP contribution in [0.2, 0.25) is 0 Å². The topological polar surface area (TPSA) is 58.4 Å². The van der Waals surface area contributed by atoms with E-state index < -0.39 is 5.97 Å². The van der Waals surface area contributed by atoms with Crippen LogP contribution < -0.4 is 0 Å². The maximum Gasteiger partial charge on any atom is 0.309 e. The average molecular weight is 375 g/mol. The number of carboxylic acid groups (broad SMARTS) is 1. The van der Waals surface area contributed by atoms with E-state index in [9.17, 15) is 4.79 Å². The fraction of sp³-hybridized carbons (Fsp3) is 0.304. The summed E-state index contributed by atoms with van der Waals surface area (Å²) in [6.45, 7) is 6.88.